The molecule has 0 aromatic heterocycles. The van der Waals surface area contributed by atoms with Gasteiger partial charge in [0, 0.05) is 44.8 Å². The van der Waals surface area contributed by atoms with E-state index < -0.39 is 0 Å². The standard InChI is InChI=1S/C51H46N2/c1-50(2)46-25-14-13-24-45(46)49-47(50)26-17-27-48(49)53(42-22-11-5-12-23-42)44-34-30-39(31-35-44)51(36-15-6-16-37-51)38-28-32-43(33-29-38)52(40-18-7-3-8-19-40)41-20-9-4-10-21-41/h3-5,7-14,17-35H,6,15-16,36-37H2,1-2H3. The molecule has 0 radical (unpaired) electrons. The summed E-state index contributed by atoms with van der Waals surface area (Å²) in [5.74, 6) is 0. The first-order chi connectivity index (χ1) is 26.0. The van der Waals surface area contributed by atoms with Crippen molar-refractivity contribution in [2.45, 2.75) is 56.8 Å². The lowest BCUT2D eigenvalue weighted by atomic mass is 9.65. The zero-order chi connectivity index (χ0) is 35.8. The smallest absolute Gasteiger partial charge is 0.0543 e. The monoisotopic (exact) mass is 686 g/mol. The highest BCUT2D eigenvalue weighted by Gasteiger charge is 2.38. The highest BCUT2D eigenvalue weighted by molar-refractivity contribution is 5.95. The molecule has 2 aliphatic carbocycles. The average molecular weight is 687 g/mol. The molecule has 0 aliphatic heterocycles. The van der Waals surface area contributed by atoms with Gasteiger partial charge in [0.05, 0.1) is 5.69 Å². The van der Waals surface area contributed by atoms with Gasteiger partial charge in [0.1, 0.15) is 0 Å². The summed E-state index contributed by atoms with van der Waals surface area (Å²) in [6.45, 7) is 4.72. The van der Waals surface area contributed by atoms with Crippen LogP contribution >= 0.6 is 0 Å². The maximum absolute atomic E-state index is 2.46. The van der Waals surface area contributed by atoms with E-state index in [-0.39, 0.29) is 10.8 Å². The second kappa shape index (κ2) is 13.6. The van der Waals surface area contributed by atoms with Crippen molar-refractivity contribution in [1.29, 1.82) is 0 Å². The minimum Gasteiger partial charge on any atom is -0.311 e. The van der Waals surface area contributed by atoms with Gasteiger partial charge < -0.3 is 9.80 Å². The fourth-order valence-electron chi connectivity index (χ4n) is 9.29. The molecule has 0 spiro atoms. The molecule has 9 rings (SSSR count). The van der Waals surface area contributed by atoms with E-state index >= 15 is 0 Å². The fourth-order valence-corrected chi connectivity index (χ4v) is 9.29. The molecule has 1 fully saturated rings. The third-order valence-corrected chi connectivity index (χ3v) is 11.9. The van der Waals surface area contributed by atoms with Crippen molar-refractivity contribution in [3.63, 3.8) is 0 Å². The van der Waals surface area contributed by atoms with Gasteiger partial charge in [-0.15, -0.1) is 0 Å². The van der Waals surface area contributed by atoms with Crippen LogP contribution in [0.4, 0.5) is 34.1 Å². The quantitative estimate of drug-likeness (QED) is 0.157. The van der Waals surface area contributed by atoms with Gasteiger partial charge in [-0.05, 0) is 107 Å². The summed E-state index contributed by atoms with van der Waals surface area (Å²) < 4.78 is 0. The predicted octanol–water partition coefficient (Wildman–Crippen LogP) is 14.2. The Kier molecular flexibility index (Phi) is 8.47. The topological polar surface area (TPSA) is 6.48 Å². The van der Waals surface area contributed by atoms with Crippen LogP contribution in [0.2, 0.25) is 0 Å². The van der Waals surface area contributed by atoms with E-state index in [1.807, 2.05) is 0 Å². The number of fused-ring (bicyclic) bond motifs is 3. The van der Waals surface area contributed by atoms with Crippen molar-refractivity contribution in [3.05, 3.63) is 204 Å². The Bertz CT molecular complexity index is 2280. The van der Waals surface area contributed by atoms with Gasteiger partial charge in [-0.3, -0.25) is 0 Å². The Labute approximate surface area is 315 Å². The van der Waals surface area contributed by atoms with Gasteiger partial charge in [0.25, 0.3) is 0 Å². The number of benzene rings is 7. The summed E-state index contributed by atoms with van der Waals surface area (Å²) in [4.78, 5) is 4.81. The van der Waals surface area contributed by atoms with E-state index in [4.69, 9.17) is 0 Å². The van der Waals surface area contributed by atoms with E-state index in [1.165, 1.54) is 75.4 Å². The Morgan fingerprint density at radius 1 is 0.377 bits per heavy atom. The molecule has 2 nitrogen and oxygen atoms in total. The Morgan fingerprint density at radius 2 is 0.811 bits per heavy atom. The van der Waals surface area contributed by atoms with Crippen molar-refractivity contribution < 1.29 is 0 Å². The van der Waals surface area contributed by atoms with Crippen LogP contribution in [0.5, 0.6) is 0 Å². The number of anilines is 6. The summed E-state index contributed by atoms with van der Waals surface area (Å²) in [6.07, 6.45) is 6.10. The van der Waals surface area contributed by atoms with E-state index in [1.54, 1.807) is 0 Å². The number of hydrogen-bond acceptors (Lipinski definition) is 2. The normalized spacial score (nSPS) is 15.3. The maximum atomic E-state index is 2.46. The lowest BCUT2D eigenvalue weighted by Crippen LogP contribution is -2.30. The number of para-hydroxylation sites is 3. The average Bonchev–Trinajstić information content (AvgIpc) is 3.46. The van der Waals surface area contributed by atoms with E-state index in [0.717, 1.165) is 24.2 Å². The van der Waals surface area contributed by atoms with Gasteiger partial charge in [0.15, 0.2) is 0 Å². The molecule has 0 unspecified atom stereocenters. The maximum Gasteiger partial charge on any atom is 0.0543 e. The second-order valence-electron chi connectivity index (χ2n) is 15.3. The van der Waals surface area contributed by atoms with Crippen LogP contribution in [0.1, 0.15) is 68.2 Å². The summed E-state index contributed by atoms with van der Waals surface area (Å²) >= 11 is 0. The van der Waals surface area contributed by atoms with E-state index in [9.17, 15) is 0 Å². The fraction of sp³-hybridized carbons (Fsp3) is 0.176. The third-order valence-electron chi connectivity index (χ3n) is 11.9. The van der Waals surface area contributed by atoms with Crippen molar-refractivity contribution >= 4 is 34.1 Å². The van der Waals surface area contributed by atoms with Crippen LogP contribution in [0, 0.1) is 0 Å². The highest BCUT2D eigenvalue weighted by Crippen LogP contribution is 2.54. The van der Waals surface area contributed by atoms with Crippen LogP contribution in [0.3, 0.4) is 0 Å². The summed E-state index contributed by atoms with van der Waals surface area (Å²) in [5.41, 5.74) is 15.3. The summed E-state index contributed by atoms with van der Waals surface area (Å²) in [7, 11) is 0. The molecule has 0 amide bonds. The first-order valence-corrected chi connectivity index (χ1v) is 19.2. The van der Waals surface area contributed by atoms with Crippen LogP contribution < -0.4 is 9.80 Å². The minimum absolute atomic E-state index is 0.0197. The summed E-state index contributed by atoms with van der Waals surface area (Å²) in [5, 5.41) is 0. The molecule has 2 aliphatic rings. The first-order valence-electron chi connectivity index (χ1n) is 19.2. The highest BCUT2D eigenvalue weighted by atomic mass is 15.1. The van der Waals surface area contributed by atoms with Gasteiger partial charge in [-0.1, -0.05) is 148 Å². The molecule has 0 bridgehead atoms. The van der Waals surface area contributed by atoms with Crippen molar-refractivity contribution in [2.24, 2.45) is 0 Å². The lowest BCUT2D eigenvalue weighted by molar-refractivity contribution is 0.346. The molecule has 260 valence electrons. The molecule has 0 saturated heterocycles. The number of hydrogen-bond donors (Lipinski definition) is 0. The van der Waals surface area contributed by atoms with Gasteiger partial charge in [-0.25, -0.2) is 0 Å². The second-order valence-corrected chi connectivity index (χ2v) is 15.3. The minimum atomic E-state index is -0.0592. The van der Waals surface area contributed by atoms with Gasteiger partial charge >= 0.3 is 0 Å². The largest absolute Gasteiger partial charge is 0.311 e. The number of nitrogens with zero attached hydrogens (tertiary/aromatic N) is 2. The predicted molar refractivity (Wildman–Crippen MR) is 224 cm³/mol. The van der Waals surface area contributed by atoms with Crippen LogP contribution in [0.15, 0.2) is 182 Å². The summed E-state index contributed by atoms with van der Waals surface area (Å²) in [6, 6.07) is 67.1. The Balaban J connectivity index is 1.11. The zero-order valence-electron chi connectivity index (χ0n) is 30.8. The Morgan fingerprint density at radius 3 is 1.36 bits per heavy atom. The molecular weight excluding hydrogens is 641 g/mol. The molecule has 7 aromatic carbocycles. The zero-order valence-corrected chi connectivity index (χ0v) is 30.8. The molecule has 1 saturated carbocycles. The third kappa shape index (κ3) is 5.74. The van der Waals surface area contributed by atoms with Crippen molar-refractivity contribution in [1.82, 2.24) is 0 Å². The SMILES string of the molecule is CC1(C)c2ccccc2-c2c(N(c3ccccc3)c3ccc(C4(c5ccc(N(c6ccccc6)c6ccccc6)cc5)CCCCC4)cc3)cccc21. The molecule has 0 atom stereocenters. The molecule has 0 heterocycles. The molecule has 7 aromatic rings. The van der Waals surface area contributed by atoms with Gasteiger partial charge in [-0.2, -0.15) is 0 Å². The molecule has 2 heteroatoms. The molecule has 53 heavy (non-hydrogen) atoms. The number of rotatable bonds is 8. The van der Waals surface area contributed by atoms with Crippen molar-refractivity contribution in [2.75, 3.05) is 9.80 Å². The van der Waals surface area contributed by atoms with Crippen LogP contribution in [-0.4, -0.2) is 0 Å². The first kappa shape index (κ1) is 33.0. The van der Waals surface area contributed by atoms with E-state index in [0.29, 0.717) is 0 Å². The lowest BCUT2D eigenvalue weighted by Gasteiger charge is -2.39. The Hall–Kier alpha value is -5.86. The van der Waals surface area contributed by atoms with Crippen molar-refractivity contribution in [3.8, 4) is 11.1 Å². The molecular formula is C51H46N2. The van der Waals surface area contributed by atoms with Gasteiger partial charge in [0.2, 0.25) is 0 Å². The van der Waals surface area contributed by atoms with E-state index in [2.05, 4.69) is 206 Å². The van der Waals surface area contributed by atoms with Crippen LogP contribution in [0.25, 0.3) is 11.1 Å². The molecule has 0 N–H and O–H groups in total. The van der Waals surface area contributed by atoms with Crippen LogP contribution in [-0.2, 0) is 10.8 Å².